The number of ketones is 1. The zero-order valence-electron chi connectivity index (χ0n) is 18.7. The summed E-state index contributed by atoms with van der Waals surface area (Å²) in [5, 5.41) is 12.9. The van der Waals surface area contributed by atoms with Gasteiger partial charge in [0, 0.05) is 42.6 Å². The number of benzene rings is 1. The first kappa shape index (κ1) is 21.2. The molecule has 0 saturated heterocycles. The highest BCUT2D eigenvalue weighted by molar-refractivity contribution is 5.93. The number of nitrogens with zero attached hydrogens (tertiary/aromatic N) is 1. The van der Waals surface area contributed by atoms with Crippen LogP contribution in [0.5, 0.6) is 5.75 Å². The van der Waals surface area contributed by atoms with Crippen LogP contribution in [0, 0.1) is 23.2 Å². The summed E-state index contributed by atoms with van der Waals surface area (Å²) in [7, 11) is 0. The molecule has 3 aliphatic carbocycles. The van der Waals surface area contributed by atoms with Crippen LogP contribution in [0.25, 0.3) is 0 Å². The van der Waals surface area contributed by atoms with Crippen molar-refractivity contribution in [3.05, 3.63) is 59.4 Å². The van der Waals surface area contributed by atoms with Gasteiger partial charge in [0.2, 0.25) is 5.91 Å². The van der Waals surface area contributed by atoms with Gasteiger partial charge in [-0.2, -0.15) is 0 Å². The Morgan fingerprint density at radius 2 is 2.12 bits per heavy atom. The lowest BCUT2D eigenvalue weighted by atomic mass is 9.55. The standard InChI is InChI=1S/C27H32N2O3/c1-27-11-9-22-21-8-6-20(30)14-17(21)5-7-23(22)24(27)15-18(26(27)32)16-25(31)29-13-10-19-4-2-3-12-28-19/h2-4,6,8,12,14,18,22-24,30H,5,7,9-11,13,15-16H2,1H3,(H,29,31)/t18?,22?,23?,24?,27-/m0/s1. The first-order valence-electron chi connectivity index (χ1n) is 12.0. The van der Waals surface area contributed by atoms with E-state index < -0.39 is 0 Å². The molecule has 0 aliphatic heterocycles. The maximum atomic E-state index is 13.4. The van der Waals surface area contributed by atoms with Gasteiger partial charge in [-0.1, -0.05) is 19.1 Å². The largest absolute Gasteiger partial charge is 0.508 e. The van der Waals surface area contributed by atoms with E-state index >= 15 is 0 Å². The summed E-state index contributed by atoms with van der Waals surface area (Å²) in [6.45, 7) is 2.70. The van der Waals surface area contributed by atoms with Crippen LogP contribution in [0.15, 0.2) is 42.6 Å². The van der Waals surface area contributed by atoms with E-state index in [0.29, 0.717) is 48.7 Å². The van der Waals surface area contributed by atoms with E-state index in [9.17, 15) is 14.7 Å². The Kier molecular flexibility index (Phi) is 5.52. The van der Waals surface area contributed by atoms with Gasteiger partial charge < -0.3 is 10.4 Å². The number of aromatic hydroxyl groups is 1. The molecule has 5 rings (SSSR count). The first-order valence-corrected chi connectivity index (χ1v) is 12.0. The summed E-state index contributed by atoms with van der Waals surface area (Å²) in [4.78, 5) is 30.3. The number of carbonyl (C=O) groups is 2. The monoisotopic (exact) mass is 432 g/mol. The van der Waals surface area contributed by atoms with Gasteiger partial charge in [-0.25, -0.2) is 0 Å². The van der Waals surface area contributed by atoms with Crippen LogP contribution < -0.4 is 5.32 Å². The molecule has 3 aliphatic rings. The van der Waals surface area contributed by atoms with Gasteiger partial charge in [0.25, 0.3) is 0 Å². The third-order valence-electron chi connectivity index (χ3n) is 8.43. The number of amides is 1. The maximum Gasteiger partial charge on any atom is 0.220 e. The van der Waals surface area contributed by atoms with E-state index in [2.05, 4.69) is 23.3 Å². The third-order valence-corrected chi connectivity index (χ3v) is 8.43. The second kappa shape index (κ2) is 8.34. The number of Topliss-reactive ketones (excluding diaryl/α,β-unsaturated/α-hetero) is 1. The van der Waals surface area contributed by atoms with Crippen LogP contribution in [0.1, 0.15) is 61.8 Å². The van der Waals surface area contributed by atoms with Crippen molar-refractivity contribution in [3.8, 4) is 5.75 Å². The van der Waals surface area contributed by atoms with Gasteiger partial charge in [0.15, 0.2) is 0 Å². The number of phenolic OH excluding ortho intramolecular Hbond substituents is 1. The van der Waals surface area contributed by atoms with Crippen molar-refractivity contribution in [3.63, 3.8) is 0 Å². The highest BCUT2D eigenvalue weighted by Crippen LogP contribution is 2.61. The van der Waals surface area contributed by atoms with Crippen LogP contribution in [0.3, 0.4) is 0 Å². The fraction of sp³-hybridized carbons (Fsp3) is 0.519. The fourth-order valence-electron chi connectivity index (χ4n) is 6.86. The molecule has 2 N–H and O–H groups in total. The van der Waals surface area contributed by atoms with Crippen molar-refractivity contribution in [2.24, 2.45) is 23.2 Å². The van der Waals surface area contributed by atoms with Gasteiger partial charge in [-0.15, -0.1) is 0 Å². The molecular weight excluding hydrogens is 400 g/mol. The van der Waals surface area contributed by atoms with Crippen LogP contribution in [0.2, 0.25) is 0 Å². The molecule has 1 aromatic heterocycles. The number of fused-ring (bicyclic) bond motifs is 5. The molecule has 32 heavy (non-hydrogen) atoms. The lowest BCUT2D eigenvalue weighted by molar-refractivity contribution is -0.134. The zero-order valence-corrected chi connectivity index (χ0v) is 18.7. The normalized spacial score (nSPS) is 30.8. The van der Waals surface area contributed by atoms with Gasteiger partial charge in [-0.05, 0) is 85.3 Å². The van der Waals surface area contributed by atoms with Crippen molar-refractivity contribution in [1.82, 2.24) is 10.3 Å². The summed E-state index contributed by atoms with van der Waals surface area (Å²) in [6.07, 6.45) is 7.54. The Balaban J connectivity index is 1.24. The smallest absolute Gasteiger partial charge is 0.220 e. The van der Waals surface area contributed by atoms with Crippen molar-refractivity contribution >= 4 is 11.7 Å². The number of nitrogens with one attached hydrogen (secondary N) is 1. The molecule has 5 atom stereocenters. The van der Waals surface area contributed by atoms with Crippen LogP contribution >= 0.6 is 0 Å². The molecule has 2 fully saturated rings. The Bertz CT molecular complexity index is 1020. The summed E-state index contributed by atoms with van der Waals surface area (Å²) in [5.74, 6) is 1.76. The predicted molar refractivity (Wildman–Crippen MR) is 122 cm³/mol. The molecular formula is C27H32N2O3. The number of phenols is 1. The Labute approximate surface area is 189 Å². The number of aryl methyl sites for hydroxylation is 1. The Morgan fingerprint density at radius 1 is 1.25 bits per heavy atom. The van der Waals surface area contributed by atoms with Crippen LogP contribution in [-0.2, 0) is 22.4 Å². The van der Waals surface area contributed by atoms with E-state index in [0.717, 1.165) is 37.8 Å². The Morgan fingerprint density at radius 3 is 2.94 bits per heavy atom. The molecule has 2 aromatic rings. The highest BCUT2D eigenvalue weighted by Gasteiger charge is 2.58. The predicted octanol–water partition coefficient (Wildman–Crippen LogP) is 4.19. The van der Waals surface area contributed by atoms with Gasteiger partial charge in [-0.3, -0.25) is 14.6 Å². The molecule has 5 heteroatoms. The van der Waals surface area contributed by atoms with E-state index in [1.54, 1.807) is 12.3 Å². The molecule has 2 saturated carbocycles. The lowest BCUT2D eigenvalue weighted by Crippen LogP contribution is -2.42. The molecule has 1 amide bonds. The van der Waals surface area contributed by atoms with Crippen molar-refractivity contribution < 1.29 is 14.7 Å². The van der Waals surface area contributed by atoms with Crippen molar-refractivity contribution in [2.45, 2.75) is 57.8 Å². The maximum absolute atomic E-state index is 13.4. The highest BCUT2D eigenvalue weighted by atomic mass is 16.3. The van der Waals surface area contributed by atoms with Gasteiger partial charge >= 0.3 is 0 Å². The molecule has 1 aromatic carbocycles. The molecule has 1 heterocycles. The average molecular weight is 433 g/mol. The molecule has 0 spiro atoms. The Hall–Kier alpha value is -2.69. The van der Waals surface area contributed by atoms with Crippen molar-refractivity contribution in [1.29, 1.82) is 0 Å². The lowest BCUT2D eigenvalue weighted by Gasteiger charge is -2.48. The number of carbonyl (C=O) groups excluding carboxylic acids is 2. The van der Waals surface area contributed by atoms with Crippen LogP contribution in [-0.4, -0.2) is 28.3 Å². The quantitative estimate of drug-likeness (QED) is 0.743. The minimum atomic E-state index is -0.297. The van der Waals surface area contributed by atoms with Crippen LogP contribution in [0.4, 0.5) is 0 Å². The number of hydrogen-bond acceptors (Lipinski definition) is 4. The molecule has 0 radical (unpaired) electrons. The van der Waals surface area contributed by atoms with Crippen molar-refractivity contribution in [2.75, 3.05) is 6.54 Å². The molecule has 4 unspecified atom stereocenters. The van der Waals surface area contributed by atoms with Gasteiger partial charge in [0.1, 0.15) is 11.5 Å². The van der Waals surface area contributed by atoms with E-state index in [1.165, 1.54) is 11.1 Å². The number of aromatic nitrogens is 1. The second-order valence-corrected chi connectivity index (χ2v) is 10.2. The topological polar surface area (TPSA) is 79.3 Å². The minimum Gasteiger partial charge on any atom is -0.508 e. The van der Waals surface area contributed by atoms with E-state index in [-0.39, 0.29) is 17.2 Å². The summed E-state index contributed by atoms with van der Waals surface area (Å²) in [6, 6.07) is 11.6. The number of hydrogen-bond donors (Lipinski definition) is 2. The third kappa shape index (κ3) is 3.72. The zero-order chi connectivity index (χ0) is 22.3. The van der Waals surface area contributed by atoms with E-state index in [4.69, 9.17) is 0 Å². The minimum absolute atomic E-state index is 0.0254. The van der Waals surface area contributed by atoms with E-state index in [1.807, 2.05) is 24.3 Å². The molecule has 0 bridgehead atoms. The number of rotatable bonds is 5. The summed E-state index contributed by atoms with van der Waals surface area (Å²) >= 11 is 0. The molecule has 168 valence electrons. The summed E-state index contributed by atoms with van der Waals surface area (Å²) < 4.78 is 0. The first-order chi connectivity index (χ1) is 15.5. The SMILES string of the molecule is C[C@]12CCC3c4ccc(O)cc4CCC3C1CC(CC(=O)NCCc1ccccn1)C2=O. The average Bonchev–Trinajstić information content (AvgIpc) is 3.04. The second-order valence-electron chi connectivity index (χ2n) is 10.2. The van der Waals surface area contributed by atoms with Gasteiger partial charge in [0.05, 0.1) is 0 Å². The molecule has 5 nitrogen and oxygen atoms in total. The number of pyridine rings is 1. The summed E-state index contributed by atoms with van der Waals surface area (Å²) in [5.41, 5.74) is 3.29. The fourth-order valence-corrected chi connectivity index (χ4v) is 6.86.